The van der Waals surface area contributed by atoms with Gasteiger partial charge in [0.1, 0.15) is 0 Å². The Balaban J connectivity index is 1.92. The van der Waals surface area contributed by atoms with Crippen LogP contribution in [0, 0.1) is 17.8 Å². The van der Waals surface area contributed by atoms with Crippen LogP contribution in [0.1, 0.15) is 25.7 Å². The van der Waals surface area contributed by atoms with Gasteiger partial charge in [0.25, 0.3) is 0 Å². The summed E-state index contributed by atoms with van der Waals surface area (Å²) in [4.78, 5) is 0. The molecule has 0 saturated heterocycles. The Bertz CT molecular complexity index is 181. The molecule has 0 aromatic heterocycles. The average Bonchev–Trinajstić information content (AvgIpc) is 2.45. The third kappa shape index (κ3) is 1.49. The highest BCUT2D eigenvalue weighted by Crippen LogP contribution is 2.48. The lowest BCUT2D eigenvalue weighted by Crippen LogP contribution is -2.17. The van der Waals surface area contributed by atoms with E-state index in [1.54, 1.807) is 0 Å². The molecule has 0 aliphatic heterocycles. The first kappa shape index (κ1) is 7.74. The zero-order valence-electron chi connectivity index (χ0n) is 6.49. The number of fused-ring (bicyclic) bond motifs is 2. The monoisotopic (exact) mass is 173 g/mol. The minimum atomic E-state index is -1.81. The van der Waals surface area contributed by atoms with Crippen molar-refractivity contribution >= 4 is 11.1 Å². The summed E-state index contributed by atoms with van der Waals surface area (Å²) in [5.74, 6) is 2.54. The van der Waals surface area contributed by atoms with E-state index in [9.17, 15) is 8.76 Å². The second-order valence-corrected chi connectivity index (χ2v) is 4.85. The van der Waals surface area contributed by atoms with Gasteiger partial charge in [0, 0.05) is 5.75 Å². The van der Waals surface area contributed by atoms with Crippen molar-refractivity contribution < 1.29 is 8.76 Å². The minimum Gasteiger partial charge on any atom is -0.772 e. The molecule has 2 rings (SSSR count). The van der Waals surface area contributed by atoms with Crippen LogP contribution in [0.15, 0.2) is 0 Å². The van der Waals surface area contributed by atoms with Crippen LogP contribution < -0.4 is 0 Å². The largest absolute Gasteiger partial charge is 0.772 e. The number of hydrogen-bond donors (Lipinski definition) is 0. The van der Waals surface area contributed by atoms with Crippen molar-refractivity contribution in [3.05, 3.63) is 0 Å². The van der Waals surface area contributed by atoms with Crippen molar-refractivity contribution in [1.82, 2.24) is 0 Å². The van der Waals surface area contributed by atoms with Gasteiger partial charge in [0.15, 0.2) is 0 Å². The van der Waals surface area contributed by atoms with Crippen LogP contribution in [0.5, 0.6) is 0 Å². The second kappa shape index (κ2) is 2.87. The van der Waals surface area contributed by atoms with Gasteiger partial charge in [0.2, 0.25) is 0 Å². The summed E-state index contributed by atoms with van der Waals surface area (Å²) in [6.45, 7) is 0. The molecular formula is C8H13O2S-. The fourth-order valence-corrected chi connectivity index (χ4v) is 3.51. The first-order valence-electron chi connectivity index (χ1n) is 4.31. The zero-order chi connectivity index (χ0) is 7.84. The maximum Gasteiger partial charge on any atom is 0.0133 e. The van der Waals surface area contributed by atoms with Gasteiger partial charge >= 0.3 is 0 Å². The van der Waals surface area contributed by atoms with Crippen LogP contribution >= 0.6 is 0 Å². The lowest BCUT2D eigenvalue weighted by molar-refractivity contribution is 0.357. The van der Waals surface area contributed by atoms with E-state index in [1.165, 1.54) is 25.7 Å². The van der Waals surface area contributed by atoms with E-state index in [2.05, 4.69) is 0 Å². The topological polar surface area (TPSA) is 40.1 Å². The summed E-state index contributed by atoms with van der Waals surface area (Å²) in [6, 6.07) is 0. The molecular weight excluding hydrogens is 160 g/mol. The molecule has 0 N–H and O–H groups in total. The van der Waals surface area contributed by atoms with Gasteiger partial charge < -0.3 is 4.55 Å². The second-order valence-electron chi connectivity index (χ2n) is 3.91. The molecule has 0 aromatic rings. The Kier molecular flexibility index (Phi) is 2.02. The van der Waals surface area contributed by atoms with Crippen molar-refractivity contribution in [2.24, 2.45) is 17.8 Å². The lowest BCUT2D eigenvalue weighted by Gasteiger charge is -2.22. The smallest absolute Gasteiger partial charge is 0.0133 e. The predicted molar refractivity (Wildman–Crippen MR) is 42.7 cm³/mol. The molecule has 0 heterocycles. The van der Waals surface area contributed by atoms with Gasteiger partial charge in [-0.3, -0.25) is 4.21 Å². The van der Waals surface area contributed by atoms with E-state index < -0.39 is 11.1 Å². The quantitative estimate of drug-likeness (QED) is 0.590. The zero-order valence-corrected chi connectivity index (χ0v) is 7.31. The van der Waals surface area contributed by atoms with Gasteiger partial charge in [-0.15, -0.1) is 0 Å². The molecule has 2 bridgehead atoms. The van der Waals surface area contributed by atoms with Crippen LogP contribution in [-0.4, -0.2) is 14.5 Å². The van der Waals surface area contributed by atoms with Crippen LogP contribution in [0.3, 0.4) is 0 Å². The molecule has 2 aliphatic rings. The van der Waals surface area contributed by atoms with Gasteiger partial charge in [-0.05, 0) is 37.0 Å². The molecule has 64 valence electrons. The molecule has 0 aromatic carbocycles. The molecule has 3 heteroatoms. The predicted octanol–water partition coefficient (Wildman–Crippen LogP) is 1.30. The van der Waals surface area contributed by atoms with E-state index in [-0.39, 0.29) is 0 Å². The molecule has 2 fully saturated rings. The highest BCUT2D eigenvalue weighted by Gasteiger charge is 2.38. The van der Waals surface area contributed by atoms with Crippen molar-refractivity contribution in [3.8, 4) is 0 Å². The molecule has 0 amide bonds. The third-order valence-corrected chi connectivity index (χ3v) is 3.94. The molecule has 2 aliphatic carbocycles. The SMILES string of the molecule is O=S([O-])CC1CC2CCC1C2. The molecule has 0 spiro atoms. The van der Waals surface area contributed by atoms with E-state index >= 15 is 0 Å². The Morgan fingerprint density at radius 3 is 2.64 bits per heavy atom. The Labute approximate surface area is 69.7 Å². The maximum absolute atomic E-state index is 10.4. The minimum absolute atomic E-state index is 0.418. The highest BCUT2D eigenvalue weighted by molar-refractivity contribution is 7.79. The molecule has 0 radical (unpaired) electrons. The molecule has 2 nitrogen and oxygen atoms in total. The Morgan fingerprint density at radius 1 is 1.36 bits per heavy atom. The fourth-order valence-electron chi connectivity index (χ4n) is 2.76. The lowest BCUT2D eigenvalue weighted by atomic mass is 9.90. The normalized spacial score (nSPS) is 44.6. The molecule has 11 heavy (non-hydrogen) atoms. The van der Waals surface area contributed by atoms with Crippen molar-refractivity contribution in [3.63, 3.8) is 0 Å². The van der Waals surface area contributed by atoms with Gasteiger partial charge in [-0.2, -0.15) is 0 Å². The summed E-state index contributed by atoms with van der Waals surface area (Å²) < 4.78 is 20.9. The van der Waals surface area contributed by atoms with Gasteiger partial charge in [0.05, 0.1) is 0 Å². The van der Waals surface area contributed by atoms with Crippen molar-refractivity contribution in [2.45, 2.75) is 25.7 Å². The van der Waals surface area contributed by atoms with Crippen LogP contribution in [0.4, 0.5) is 0 Å². The fraction of sp³-hybridized carbons (Fsp3) is 1.00. The summed E-state index contributed by atoms with van der Waals surface area (Å²) in [5, 5.41) is 0. The van der Waals surface area contributed by atoms with Gasteiger partial charge in [-0.1, -0.05) is 17.5 Å². The van der Waals surface area contributed by atoms with E-state index in [0.29, 0.717) is 11.7 Å². The molecule has 2 saturated carbocycles. The molecule has 4 unspecified atom stereocenters. The van der Waals surface area contributed by atoms with Crippen molar-refractivity contribution in [2.75, 3.05) is 5.75 Å². The van der Waals surface area contributed by atoms with E-state index in [0.717, 1.165) is 11.8 Å². The van der Waals surface area contributed by atoms with Crippen molar-refractivity contribution in [1.29, 1.82) is 0 Å². The van der Waals surface area contributed by atoms with Crippen LogP contribution in [-0.2, 0) is 11.1 Å². The summed E-state index contributed by atoms with van der Waals surface area (Å²) in [7, 11) is 0. The number of rotatable bonds is 2. The summed E-state index contributed by atoms with van der Waals surface area (Å²) in [5.41, 5.74) is 0. The Morgan fingerprint density at radius 2 is 2.18 bits per heavy atom. The third-order valence-electron chi connectivity index (χ3n) is 3.23. The standard InChI is InChI=1S/C8H14O2S/c9-11(10)5-8-4-6-1-2-7(8)3-6/h6-8H,1-5H2,(H,9,10)/p-1. The van der Waals surface area contributed by atoms with Gasteiger partial charge in [-0.25, -0.2) is 0 Å². The van der Waals surface area contributed by atoms with E-state index in [4.69, 9.17) is 0 Å². The Hall–Kier alpha value is 0.110. The summed E-state index contributed by atoms with van der Waals surface area (Å²) in [6.07, 6.45) is 5.12. The number of hydrogen-bond acceptors (Lipinski definition) is 2. The van der Waals surface area contributed by atoms with Crippen LogP contribution in [0.25, 0.3) is 0 Å². The summed E-state index contributed by atoms with van der Waals surface area (Å²) >= 11 is -1.81. The average molecular weight is 173 g/mol. The maximum atomic E-state index is 10.4. The first-order valence-corrected chi connectivity index (χ1v) is 5.56. The molecule has 4 atom stereocenters. The van der Waals surface area contributed by atoms with E-state index in [1.807, 2.05) is 0 Å². The first-order chi connectivity index (χ1) is 5.25. The highest BCUT2D eigenvalue weighted by atomic mass is 32.2. The van der Waals surface area contributed by atoms with Crippen LogP contribution in [0.2, 0.25) is 0 Å².